The molecule has 1 aliphatic rings. The minimum Gasteiger partial charge on any atom is -0.497 e. The number of nitrogens with zero attached hydrogens (tertiary/aromatic N) is 2. The number of halogens is 2. The zero-order valence-corrected chi connectivity index (χ0v) is 15.0. The van der Waals surface area contributed by atoms with Crippen molar-refractivity contribution in [3.63, 3.8) is 0 Å². The number of methoxy groups -OCH3 is 1. The number of anilines is 1. The Kier molecular flexibility index (Phi) is 4.97. The summed E-state index contributed by atoms with van der Waals surface area (Å²) in [6.07, 6.45) is 1.10. The lowest BCUT2D eigenvalue weighted by atomic mass is 10.0. The largest absolute Gasteiger partial charge is 0.497 e. The van der Waals surface area contributed by atoms with Gasteiger partial charge in [-0.15, -0.1) is 0 Å². The summed E-state index contributed by atoms with van der Waals surface area (Å²) in [5, 5.41) is 0.572. The highest BCUT2D eigenvalue weighted by molar-refractivity contribution is 6.31. The van der Waals surface area contributed by atoms with Gasteiger partial charge in [-0.2, -0.15) is 0 Å². The first-order chi connectivity index (χ1) is 11.5. The Labute approximate surface area is 147 Å². The van der Waals surface area contributed by atoms with Gasteiger partial charge in [0.15, 0.2) is 0 Å². The molecule has 1 heterocycles. The smallest absolute Gasteiger partial charge is 0.123 e. The fourth-order valence-electron chi connectivity index (χ4n) is 3.31. The third-order valence-corrected chi connectivity index (χ3v) is 4.89. The minimum absolute atomic E-state index is 0.260. The van der Waals surface area contributed by atoms with E-state index in [9.17, 15) is 4.39 Å². The molecule has 0 unspecified atom stereocenters. The maximum absolute atomic E-state index is 13.9. The van der Waals surface area contributed by atoms with Gasteiger partial charge in [-0.3, -0.25) is 0 Å². The number of rotatable bonds is 4. The fourth-order valence-corrected chi connectivity index (χ4v) is 3.53. The first-order valence-electron chi connectivity index (χ1n) is 8.04. The highest BCUT2D eigenvalue weighted by Gasteiger charge is 2.25. The van der Waals surface area contributed by atoms with E-state index in [2.05, 4.69) is 23.9 Å². The molecule has 0 aliphatic carbocycles. The SMILES string of the molecule is COc1cc(Cl)cc(-c2cc(F)ccc2N(C)[C@@H]2CCN(C)C2)c1. The summed E-state index contributed by atoms with van der Waals surface area (Å²) in [6.45, 7) is 2.09. The van der Waals surface area contributed by atoms with E-state index in [0.29, 0.717) is 16.8 Å². The van der Waals surface area contributed by atoms with Crippen molar-refractivity contribution in [2.45, 2.75) is 12.5 Å². The Morgan fingerprint density at radius 3 is 2.71 bits per heavy atom. The molecule has 0 N–H and O–H groups in total. The lowest BCUT2D eigenvalue weighted by Crippen LogP contribution is -2.34. The van der Waals surface area contributed by atoms with Crippen molar-refractivity contribution >= 4 is 17.3 Å². The van der Waals surface area contributed by atoms with Gasteiger partial charge in [-0.1, -0.05) is 11.6 Å². The summed E-state index contributed by atoms with van der Waals surface area (Å²) in [6, 6.07) is 10.8. The second-order valence-electron chi connectivity index (χ2n) is 6.36. The van der Waals surface area contributed by atoms with E-state index in [1.165, 1.54) is 6.07 Å². The molecule has 0 amide bonds. The molecule has 2 aromatic carbocycles. The van der Waals surface area contributed by atoms with Crippen LogP contribution in [0.1, 0.15) is 6.42 Å². The molecule has 3 nitrogen and oxygen atoms in total. The van der Waals surface area contributed by atoms with Crippen LogP contribution in [-0.4, -0.2) is 45.2 Å². The van der Waals surface area contributed by atoms with Crippen LogP contribution >= 0.6 is 11.6 Å². The van der Waals surface area contributed by atoms with Gasteiger partial charge in [0.1, 0.15) is 11.6 Å². The van der Waals surface area contributed by atoms with E-state index < -0.39 is 0 Å². The van der Waals surface area contributed by atoms with Crippen LogP contribution in [0.25, 0.3) is 11.1 Å². The van der Waals surface area contributed by atoms with Crippen molar-refractivity contribution < 1.29 is 9.13 Å². The normalized spacial score (nSPS) is 18.0. The van der Waals surface area contributed by atoms with Crippen molar-refractivity contribution in [3.05, 3.63) is 47.2 Å². The zero-order valence-electron chi connectivity index (χ0n) is 14.2. The fraction of sp³-hybridized carbons (Fsp3) is 0.368. The van der Waals surface area contributed by atoms with Crippen LogP contribution in [0.5, 0.6) is 5.75 Å². The van der Waals surface area contributed by atoms with Crippen LogP contribution in [0.4, 0.5) is 10.1 Å². The van der Waals surface area contributed by atoms with Gasteiger partial charge in [0.2, 0.25) is 0 Å². The van der Waals surface area contributed by atoms with E-state index in [-0.39, 0.29) is 5.82 Å². The third-order valence-electron chi connectivity index (χ3n) is 4.67. The highest BCUT2D eigenvalue weighted by atomic mass is 35.5. The maximum atomic E-state index is 13.9. The monoisotopic (exact) mass is 348 g/mol. The number of benzene rings is 2. The van der Waals surface area contributed by atoms with Crippen molar-refractivity contribution in [2.75, 3.05) is 39.2 Å². The van der Waals surface area contributed by atoms with E-state index >= 15 is 0 Å². The van der Waals surface area contributed by atoms with E-state index in [0.717, 1.165) is 36.3 Å². The second-order valence-corrected chi connectivity index (χ2v) is 6.79. The van der Waals surface area contributed by atoms with Crippen molar-refractivity contribution in [1.82, 2.24) is 4.90 Å². The Hall–Kier alpha value is -1.78. The predicted molar refractivity (Wildman–Crippen MR) is 97.7 cm³/mol. The van der Waals surface area contributed by atoms with E-state index in [1.54, 1.807) is 19.2 Å². The quantitative estimate of drug-likeness (QED) is 0.819. The molecular weight excluding hydrogens is 327 g/mol. The van der Waals surface area contributed by atoms with Gasteiger partial charge in [0, 0.05) is 35.9 Å². The molecular formula is C19H22ClFN2O. The third kappa shape index (κ3) is 3.50. The first-order valence-corrected chi connectivity index (χ1v) is 8.41. The molecule has 0 radical (unpaired) electrons. The average molecular weight is 349 g/mol. The maximum Gasteiger partial charge on any atom is 0.123 e. The molecule has 0 aromatic heterocycles. The molecule has 1 fully saturated rings. The van der Waals surface area contributed by atoms with Crippen LogP contribution in [0.3, 0.4) is 0 Å². The average Bonchev–Trinajstić information content (AvgIpc) is 3.00. The lowest BCUT2D eigenvalue weighted by Gasteiger charge is -2.29. The molecule has 1 saturated heterocycles. The minimum atomic E-state index is -0.260. The summed E-state index contributed by atoms with van der Waals surface area (Å²) in [7, 11) is 5.80. The standard InChI is InChI=1S/C19H22ClFN2O/c1-22-7-6-16(12-22)23(2)19-5-4-15(21)11-18(19)13-8-14(20)10-17(9-13)24-3/h4-5,8-11,16H,6-7,12H2,1-3H3/t16-/m1/s1. The van der Waals surface area contributed by atoms with Crippen molar-refractivity contribution in [1.29, 1.82) is 0 Å². The first kappa shape index (κ1) is 17.1. The molecule has 128 valence electrons. The summed E-state index contributed by atoms with van der Waals surface area (Å²) < 4.78 is 19.2. The van der Waals surface area contributed by atoms with Gasteiger partial charge < -0.3 is 14.5 Å². The number of ether oxygens (including phenoxy) is 1. The highest BCUT2D eigenvalue weighted by Crippen LogP contribution is 2.36. The number of hydrogen-bond donors (Lipinski definition) is 0. The van der Waals surface area contributed by atoms with Gasteiger partial charge in [-0.05, 0) is 62.0 Å². The topological polar surface area (TPSA) is 15.7 Å². The molecule has 1 atom stereocenters. The lowest BCUT2D eigenvalue weighted by molar-refractivity contribution is 0.409. The Bertz CT molecular complexity index is 737. The molecule has 2 aromatic rings. The molecule has 0 spiro atoms. The molecule has 3 rings (SSSR count). The van der Waals surface area contributed by atoms with E-state index in [1.807, 2.05) is 18.2 Å². The van der Waals surface area contributed by atoms with Gasteiger partial charge >= 0.3 is 0 Å². The molecule has 5 heteroatoms. The van der Waals surface area contributed by atoms with Crippen LogP contribution in [0.15, 0.2) is 36.4 Å². The molecule has 0 saturated carbocycles. The van der Waals surface area contributed by atoms with Crippen LogP contribution in [0.2, 0.25) is 5.02 Å². The summed E-state index contributed by atoms with van der Waals surface area (Å²) in [5.41, 5.74) is 2.68. The zero-order chi connectivity index (χ0) is 17.3. The van der Waals surface area contributed by atoms with Crippen LogP contribution in [0, 0.1) is 5.82 Å². The molecule has 24 heavy (non-hydrogen) atoms. The Morgan fingerprint density at radius 2 is 2.04 bits per heavy atom. The Morgan fingerprint density at radius 1 is 1.25 bits per heavy atom. The van der Waals surface area contributed by atoms with Gasteiger partial charge in [0.25, 0.3) is 0 Å². The van der Waals surface area contributed by atoms with Crippen LogP contribution < -0.4 is 9.64 Å². The molecule has 0 bridgehead atoms. The number of likely N-dealkylation sites (N-methyl/N-ethyl adjacent to an activating group) is 2. The van der Waals surface area contributed by atoms with Crippen molar-refractivity contribution in [2.24, 2.45) is 0 Å². The van der Waals surface area contributed by atoms with E-state index in [4.69, 9.17) is 16.3 Å². The summed E-state index contributed by atoms with van der Waals surface area (Å²) in [5.74, 6) is 0.403. The van der Waals surface area contributed by atoms with Gasteiger partial charge in [-0.25, -0.2) is 4.39 Å². The second kappa shape index (κ2) is 6.99. The number of hydrogen-bond acceptors (Lipinski definition) is 3. The summed E-state index contributed by atoms with van der Waals surface area (Å²) in [4.78, 5) is 4.55. The summed E-state index contributed by atoms with van der Waals surface area (Å²) >= 11 is 6.20. The van der Waals surface area contributed by atoms with Gasteiger partial charge in [0.05, 0.1) is 7.11 Å². The Balaban J connectivity index is 2.04. The van der Waals surface area contributed by atoms with Crippen LogP contribution in [-0.2, 0) is 0 Å². The number of likely N-dealkylation sites (tertiary alicyclic amines) is 1. The predicted octanol–water partition coefficient (Wildman–Crippen LogP) is 4.30. The van der Waals surface area contributed by atoms with Crippen molar-refractivity contribution in [3.8, 4) is 16.9 Å². The molecule has 1 aliphatic heterocycles.